The number of guanidine groups is 3. The number of ether oxygens (including phenoxy) is 2. The summed E-state index contributed by atoms with van der Waals surface area (Å²) < 4.78 is 11.4. The summed E-state index contributed by atoms with van der Waals surface area (Å²) in [5.41, 5.74) is 38.2. The molecule has 0 aromatic carbocycles. The highest BCUT2D eigenvalue weighted by molar-refractivity contribution is 5.76. The molecule has 0 aromatic rings. The molecule has 16 nitrogen and oxygen atoms in total. The fourth-order valence-corrected chi connectivity index (χ4v) is 3.56. The van der Waals surface area contributed by atoms with E-state index in [1.165, 1.54) is 0 Å². The zero-order chi connectivity index (χ0) is 23.5. The Kier molecular flexibility index (Phi) is 8.18. The van der Waals surface area contributed by atoms with Crippen LogP contribution in [0.4, 0.5) is 0 Å². The van der Waals surface area contributed by atoms with Gasteiger partial charge in [0.05, 0.1) is 24.7 Å². The summed E-state index contributed by atoms with van der Waals surface area (Å²) in [5, 5.41) is 41.5. The lowest BCUT2D eigenvalue weighted by molar-refractivity contribution is -0.287. The van der Waals surface area contributed by atoms with Crippen LogP contribution < -0.4 is 40.1 Å². The molecule has 16 heteroatoms. The third kappa shape index (κ3) is 6.03. The second kappa shape index (κ2) is 10.2. The van der Waals surface area contributed by atoms with E-state index in [2.05, 4.69) is 15.0 Å². The van der Waals surface area contributed by atoms with E-state index < -0.39 is 61.0 Å². The minimum Gasteiger partial charge on any atom is -0.388 e. The molecule has 0 bridgehead atoms. The van der Waals surface area contributed by atoms with Gasteiger partial charge in [-0.25, -0.2) is 9.98 Å². The summed E-state index contributed by atoms with van der Waals surface area (Å²) in [6.45, 7) is -0.188. The summed E-state index contributed by atoms with van der Waals surface area (Å²) in [5.74, 6) is -0.848. The van der Waals surface area contributed by atoms with Crippen molar-refractivity contribution in [3.05, 3.63) is 0 Å². The van der Waals surface area contributed by atoms with Gasteiger partial charge in [-0.2, -0.15) is 0 Å². The van der Waals surface area contributed by atoms with Gasteiger partial charge >= 0.3 is 0 Å². The van der Waals surface area contributed by atoms with Gasteiger partial charge in [0.1, 0.15) is 36.6 Å². The Bertz CT molecular complexity index is 696. The summed E-state index contributed by atoms with van der Waals surface area (Å²) in [7, 11) is 0. The van der Waals surface area contributed by atoms with Crippen LogP contribution in [-0.4, -0.2) is 106 Å². The molecule has 2 fully saturated rings. The average Bonchev–Trinajstić information content (AvgIpc) is 2.67. The molecule has 18 N–H and O–H groups in total. The van der Waals surface area contributed by atoms with Gasteiger partial charge in [0.15, 0.2) is 24.2 Å². The van der Waals surface area contributed by atoms with Crippen LogP contribution in [0.1, 0.15) is 6.42 Å². The number of hydrogen-bond acceptors (Lipinski definition) is 10. The lowest BCUT2D eigenvalue weighted by Gasteiger charge is -2.45. The van der Waals surface area contributed by atoms with Crippen molar-refractivity contribution in [1.82, 2.24) is 0 Å². The van der Waals surface area contributed by atoms with Gasteiger partial charge < -0.3 is 70.0 Å². The van der Waals surface area contributed by atoms with Gasteiger partial charge in [-0.15, -0.1) is 0 Å². The fourth-order valence-electron chi connectivity index (χ4n) is 3.56. The molecule has 0 aromatic heterocycles. The van der Waals surface area contributed by atoms with Crippen molar-refractivity contribution in [1.29, 1.82) is 0 Å². The van der Waals surface area contributed by atoms with Crippen molar-refractivity contribution in [2.24, 2.45) is 55.1 Å². The molecule has 1 aliphatic heterocycles. The van der Waals surface area contributed by atoms with Gasteiger partial charge in [-0.1, -0.05) is 0 Å². The minimum atomic E-state index is -1.55. The summed E-state index contributed by atoms with van der Waals surface area (Å²) in [4.78, 5) is 11.7. The SMILES string of the molecule is NC(N)=NC[C@H]1O[C@H](O[C@H]2[C@H](O)[C@@H](O)[C@H](N=C(N)N)C[C@@H]2N=C(N)N)[C@H](N)[C@@H](O)[C@@H]1O. The number of aliphatic imine (C=N–C) groups is 3. The second-order valence-electron chi connectivity index (χ2n) is 7.43. The van der Waals surface area contributed by atoms with E-state index in [0.717, 1.165) is 0 Å². The van der Waals surface area contributed by atoms with E-state index in [0.29, 0.717) is 0 Å². The van der Waals surface area contributed by atoms with Crippen LogP contribution in [0.2, 0.25) is 0 Å². The molecule has 1 aliphatic carbocycles. The van der Waals surface area contributed by atoms with E-state index in [4.69, 9.17) is 49.6 Å². The largest absolute Gasteiger partial charge is 0.388 e. The molecule has 31 heavy (non-hydrogen) atoms. The predicted octanol–water partition coefficient (Wildman–Crippen LogP) is -7.17. The van der Waals surface area contributed by atoms with E-state index in [1.807, 2.05) is 0 Å². The van der Waals surface area contributed by atoms with Crippen molar-refractivity contribution in [2.75, 3.05) is 6.54 Å². The topological polar surface area (TPSA) is 319 Å². The molecule has 1 saturated heterocycles. The van der Waals surface area contributed by atoms with Crippen molar-refractivity contribution >= 4 is 17.9 Å². The third-order valence-electron chi connectivity index (χ3n) is 5.07. The molecule has 178 valence electrons. The third-order valence-corrected chi connectivity index (χ3v) is 5.07. The Balaban J connectivity index is 2.26. The minimum absolute atomic E-state index is 0.0171. The Morgan fingerprint density at radius 1 is 0.806 bits per heavy atom. The summed E-state index contributed by atoms with van der Waals surface area (Å²) in [6.07, 6.45) is -9.44. The number of hydrogen-bond donors (Lipinski definition) is 11. The fraction of sp³-hybridized carbons (Fsp3) is 0.800. The lowest BCUT2D eigenvalue weighted by atomic mass is 9.84. The van der Waals surface area contributed by atoms with Crippen LogP contribution in [0, 0.1) is 0 Å². The van der Waals surface area contributed by atoms with Gasteiger partial charge in [-0.05, 0) is 6.42 Å². The molecule has 2 aliphatic rings. The molecule has 1 saturated carbocycles. The molecule has 0 unspecified atom stereocenters. The van der Waals surface area contributed by atoms with E-state index in [9.17, 15) is 20.4 Å². The molecular weight excluding hydrogens is 416 g/mol. The molecule has 10 atom stereocenters. The zero-order valence-electron chi connectivity index (χ0n) is 16.7. The predicted molar refractivity (Wildman–Crippen MR) is 110 cm³/mol. The van der Waals surface area contributed by atoms with E-state index in [1.54, 1.807) is 0 Å². The van der Waals surface area contributed by atoms with Crippen molar-refractivity contribution in [3.63, 3.8) is 0 Å². The first-order valence-corrected chi connectivity index (χ1v) is 9.44. The van der Waals surface area contributed by atoms with E-state index in [-0.39, 0.29) is 30.8 Å². The number of aliphatic hydroxyl groups excluding tert-OH is 4. The van der Waals surface area contributed by atoms with Crippen LogP contribution >= 0.6 is 0 Å². The van der Waals surface area contributed by atoms with E-state index >= 15 is 0 Å². The van der Waals surface area contributed by atoms with Crippen LogP contribution in [0.15, 0.2) is 15.0 Å². The first-order valence-electron chi connectivity index (χ1n) is 9.44. The normalized spacial score (nSPS) is 40.5. The first-order chi connectivity index (χ1) is 14.4. The van der Waals surface area contributed by atoms with Crippen LogP contribution in [-0.2, 0) is 9.47 Å². The monoisotopic (exact) mass is 448 g/mol. The summed E-state index contributed by atoms with van der Waals surface area (Å²) in [6, 6.07) is -3.02. The van der Waals surface area contributed by atoms with Gasteiger partial charge in [0.2, 0.25) is 0 Å². The maximum absolute atomic E-state index is 10.6. The molecule has 0 spiro atoms. The Morgan fingerprint density at radius 3 is 1.94 bits per heavy atom. The highest BCUT2D eigenvalue weighted by Gasteiger charge is 2.49. The Morgan fingerprint density at radius 2 is 1.39 bits per heavy atom. The van der Waals surface area contributed by atoms with Crippen LogP contribution in [0.5, 0.6) is 0 Å². The van der Waals surface area contributed by atoms with Crippen molar-refractivity contribution in [2.45, 2.75) is 67.5 Å². The lowest BCUT2D eigenvalue weighted by Crippen LogP contribution is -2.65. The number of nitrogens with two attached hydrogens (primary N) is 7. The number of aliphatic hydroxyl groups is 4. The molecule has 2 rings (SSSR count). The highest BCUT2D eigenvalue weighted by atomic mass is 16.7. The maximum atomic E-state index is 10.6. The van der Waals surface area contributed by atoms with Gasteiger partial charge in [-0.3, -0.25) is 4.99 Å². The number of nitrogens with zero attached hydrogens (tertiary/aromatic N) is 3. The standard InChI is InChI=1S/C15H32N10O6/c16-6-9(28)8(27)5(2-23-13(17)18)30-12(6)31-11-4(25-15(21)22)1-3(24-14(19)20)7(26)10(11)29/h3-12,26-29H,1-2,16H2,(H4,17,18,23)(H4,19,20,24)(H4,21,22,25)/t3-,4+,5-,6-,7+,8-,9-,10-,11-,12-/m1/s1. The van der Waals surface area contributed by atoms with Crippen LogP contribution in [0.3, 0.4) is 0 Å². The van der Waals surface area contributed by atoms with Gasteiger partial charge in [0.25, 0.3) is 0 Å². The molecular formula is C15H32N10O6. The molecule has 0 radical (unpaired) electrons. The van der Waals surface area contributed by atoms with Crippen molar-refractivity contribution < 1.29 is 29.9 Å². The van der Waals surface area contributed by atoms with Gasteiger partial charge in [0, 0.05) is 0 Å². The molecule has 1 heterocycles. The maximum Gasteiger partial charge on any atom is 0.186 e. The van der Waals surface area contributed by atoms with Crippen LogP contribution in [0.25, 0.3) is 0 Å². The molecule has 0 amide bonds. The number of rotatable bonds is 6. The first kappa shape index (κ1) is 24.8. The quantitative estimate of drug-likeness (QED) is 0.133. The van der Waals surface area contributed by atoms with Crippen molar-refractivity contribution in [3.8, 4) is 0 Å². The average molecular weight is 448 g/mol. The highest BCUT2D eigenvalue weighted by Crippen LogP contribution is 2.31. The zero-order valence-corrected chi connectivity index (χ0v) is 16.7. The summed E-state index contributed by atoms with van der Waals surface area (Å²) >= 11 is 0. The Labute approximate surface area is 177 Å². The second-order valence-corrected chi connectivity index (χ2v) is 7.43. The Hall–Kier alpha value is -2.47. The smallest absolute Gasteiger partial charge is 0.186 e.